The van der Waals surface area contributed by atoms with Crippen molar-refractivity contribution in [2.24, 2.45) is 0 Å². The minimum Gasteiger partial charge on any atom is -0.469 e. The van der Waals surface area contributed by atoms with Crippen molar-refractivity contribution in [1.82, 2.24) is 5.32 Å². The third-order valence-electron chi connectivity index (χ3n) is 3.03. The van der Waals surface area contributed by atoms with Crippen molar-refractivity contribution in [2.45, 2.75) is 50.9 Å². The normalized spacial score (nSPS) is 24.1. The molecule has 1 saturated heterocycles. The maximum atomic E-state index is 11.9. The highest BCUT2D eigenvalue weighted by Crippen LogP contribution is 2.25. The van der Waals surface area contributed by atoms with Gasteiger partial charge in [0.1, 0.15) is 5.60 Å². The third-order valence-corrected chi connectivity index (χ3v) is 3.03. The summed E-state index contributed by atoms with van der Waals surface area (Å²) in [6.07, 6.45) is -1.54. The lowest BCUT2D eigenvalue weighted by Crippen LogP contribution is -2.58. The fourth-order valence-corrected chi connectivity index (χ4v) is 1.97. The summed E-state index contributed by atoms with van der Waals surface area (Å²) in [7, 11) is 1.24. The first-order chi connectivity index (χ1) is 9.18. The van der Waals surface area contributed by atoms with Crippen LogP contribution in [0.3, 0.4) is 0 Å². The predicted octanol–water partition coefficient (Wildman–Crippen LogP) is 0.594. The van der Waals surface area contributed by atoms with Crippen LogP contribution in [0.2, 0.25) is 0 Å². The van der Waals surface area contributed by atoms with Crippen LogP contribution in [0.4, 0.5) is 4.79 Å². The lowest BCUT2D eigenvalue weighted by molar-refractivity contribution is -0.144. The molecule has 0 aliphatic carbocycles. The number of nitrogens with one attached hydrogen (secondary N) is 1. The zero-order valence-corrected chi connectivity index (χ0v) is 12.4. The number of alkyl carbamates (subject to hydrolysis) is 1. The molecule has 7 nitrogen and oxygen atoms in total. The van der Waals surface area contributed by atoms with Gasteiger partial charge in [-0.25, -0.2) is 4.79 Å². The second-order valence-corrected chi connectivity index (χ2v) is 5.88. The minimum atomic E-state index is -1.09. The van der Waals surface area contributed by atoms with E-state index >= 15 is 0 Å². The average Bonchev–Trinajstić information content (AvgIpc) is 2.75. The molecule has 0 aromatic heterocycles. The summed E-state index contributed by atoms with van der Waals surface area (Å²) < 4.78 is 14.9. The summed E-state index contributed by atoms with van der Waals surface area (Å²) in [5.74, 6) is -0.547. The van der Waals surface area contributed by atoms with E-state index in [0.29, 0.717) is 13.0 Å². The Morgan fingerprint density at radius 1 is 1.45 bits per heavy atom. The van der Waals surface area contributed by atoms with Crippen LogP contribution < -0.4 is 5.32 Å². The lowest BCUT2D eigenvalue weighted by Gasteiger charge is -2.34. The van der Waals surface area contributed by atoms with Crippen LogP contribution in [-0.4, -0.2) is 54.7 Å². The van der Waals surface area contributed by atoms with Crippen molar-refractivity contribution in [1.29, 1.82) is 0 Å². The molecule has 0 aromatic rings. The molecule has 1 rings (SSSR count). The van der Waals surface area contributed by atoms with Gasteiger partial charge in [-0.05, 0) is 27.2 Å². The molecular weight excluding hydrogens is 266 g/mol. The second kappa shape index (κ2) is 6.41. The molecule has 116 valence electrons. The zero-order chi connectivity index (χ0) is 15.4. The molecule has 1 amide bonds. The maximum absolute atomic E-state index is 11.9. The summed E-state index contributed by atoms with van der Waals surface area (Å²) in [5.41, 5.74) is -1.66. The molecule has 1 heterocycles. The number of carbonyl (C=O) groups excluding carboxylic acids is 2. The Hall–Kier alpha value is -1.34. The lowest BCUT2D eigenvalue weighted by atomic mass is 9.89. The SMILES string of the molecule is COC(=O)C[C@@H](O)C1(NC(=O)OC(C)(C)C)CCOC1. The molecule has 0 spiro atoms. The molecule has 2 N–H and O–H groups in total. The predicted molar refractivity (Wildman–Crippen MR) is 70.2 cm³/mol. The van der Waals surface area contributed by atoms with Gasteiger partial charge in [-0.1, -0.05) is 0 Å². The van der Waals surface area contributed by atoms with E-state index in [1.807, 2.05) is 0 Å². The van der Waals surface area contributed by atoms with Crippen molar-refractivity contribution in [3.05, 3.63) is 0 Å². The first kappa shape index (κ1) is 16.7. The van der Waals surface area contributed by atoms with Crippen LogP contribution in [0.1, 0.15) is 33.6 Å². The summed E-state index contributed by atoms with van der Waals surface area (Å²) >= 11 is 0. The highest BCUT2D eigenvalue weighted by molar-refractivity contribution is 5.71. The van der Waals surface area contributed by atoms with Crippen molar-refractivity contribution in [3.63, 3.8) is 0 Å². The van der Waals surface area contributed by atoms with E-state index < -0.39 is 29.3 Å². The van der Waals surface area contributed by atoms with Crippen molar-refractivity contribution in [3.8, 4) is 0 Å². The number of hydrogen-bond donors (Lipinski definition) is 2. The van der Waals surface area contributed by atoms with Crippen LogP contribution in [0.25, 0.3) is 0 Å². The van der Waals surface area contributed by atoms with Gasteiger partial charge in [-0.3, -0.25) is 4.79 Å². The highest BCUT2D eigenvalue weighted by Gasteiger charge is 2.44. The Morgan fingerprint density at radius 3 is 2.55 bits per heavy atom. The standard InChI is InChI=1S/C13H23NO6/c1-12(2,3)20-11(17)14-13(5-6-19-8-13)9(15)7-10(16)18-4/h9,15H,5-8H2,1-4H3,(H,14,17)/t9-,13?/m1/s1. The van der Waals surface area contributed by atoms with E-state index in [0.717, 1.165) is 0 Å². The van der Waals surface area contributed by atoms with E-state index in [4.69, 9.17) is 9.47 Å². The molecule has 20 heavy (non-hydrogen) atoms. The molecule has 1 unspecified atom stereocenters. The van der Waals surface area contributed by atoms with Gasteiger partial charge in [0.05, 0.1) is 31.8 Å². The van der Waals surface area contributed by atoms with Crippen LogP contribution in [0.15, 0.2) is 0 Å². The quantitative estimate of drug-likeness (QED) is 0.736. The van der Waals surface area contributed by atoms with Gasteiger partial charge in [0.2, 0.25) is 0 Å². The van der Waals surface area contributed by atoms with Crippen molar-refractivity contribution < 1.29 is 28.9 Å². The van der Waals surface area contributed by atoms with Crippen LogP contribution >= 0.6 is 0 Å². The number of ether oxygens (including phenoxy) is 3. The Morgan fingerprint density at radius 2 is 2.10 bits per heavy atom. The number of amides is 1. The number of methoxy groups -OCH3 is 1. The fourth-order valence-electron chi connectivity index (χ4n) is 1.97. The Labute approximate surface area is 118 Å². The topological polar surface area (TPSA) is 94.1 Å². The van der Waals surface area contributed by atoms with Crippen LogP contribution in [0, 0.1) is 0 Å². The van der Waals surface area contributed by atoms with Gasteiger partial charge in [0.15, 0.2) is 0 Å². The van der Waals surface area contributed by atoms with Gasteiger partial charge in [0, 0.05) is 6.61 Å². The summed E-state index contributed by atoms with van der Waals surface area (Å²) in [6, 6.07) is 0. The summed E-state index contributed by atoms with van der Waals surface area (Å²) in [5, 5.41) is 12.8. The average molecular weight is 289 g/mol. The largest absolute Gasteiger partial charge is 0.469 e. The first-order valence-corrected chi connectivity index (χ1v) is 6.52. The fraction of sp³-hybridized carbons (Fsp3) is 0.846. The number of carbonyl (C=O) groups is 2. The molecule has 7 heteroatoms. The number of aliphatic hydroxyl groups is 1. The molecule has 0 bridgehead atoms. The van der Waals surface area contributed by atoms with E-state index in [9.17, 15) is 14.7 Å². The van der Waals surface area contributed by atoms with Gasteiger partial charge < -0.3 is 24.6 Å². The van der Waals surface area contributed by atoms with Gasteiger partial charge in [-0.2, -0.15) is 0 Å². The molecule has 1 aliphatic heterocycles. The number of rotatable bonds is 4. The molecule has 0 aromatic carbocycles. The maximum Gasteiger partial charge on any atom is 0.408 e. The second-order valence-electron chi connectivity index (χ2n) is 5.88. The van der Waals surface area contributed by atoms with Gasteiger partial charge >= 0.3 is 12.1 Å². The zero-order valence-electron chi connectivity index (χ0n) is 12.4. The van der Waals surface area contributed by atoms with E-state index in [1.54, 1.807) is 20.8 Å². The highest BCUT2D eigenvalue weighted by atomic mass is 16.6. The van der Waals surface area contributed by atoms with Gasteiger partial charge in [0.25, 0.3) is 0 Å². The van der Waals surface area contributed by atoms with Crippen molar-refractivity contribution in [2.75, 3.05) is 20.3 Å². The van der Waals surface area contributed by atoms with E-state index in [-0.39, 0.29) is 13.0 Å². The third kappa shape index (κ3) is 4.64. The molecule has 2 atom stereocenters. The van der Waals surface area contributed by atoms with E-state index in [2.05, 4.69) is 10.1 Å². The summed E-state index contributed by atoms with van der Waals surface area (Å²) in [4.78, 5) is 23.1. The molecule has 1 aliphatic rings. The number of esters is 1. The van der Waals surface area contributed by atoms with Crippen molar-refractivity contribution >= 4 is 12.1 Å². The molecule has 0 radical (unpaired) electrons. The monoisotopic (exact) mass is 289 g/mol. The van der Waals surface area contributed by atoms with Crippen LogP contribution in [0.5, 0.6) is 0 Å². The number of aliphatic hydroxyl groups excluding tert-OH is 1. The number of hydrogen-bond acceptors (Lipinski definition) is 6. The van der Waals surface area contributed by atoms with Crippen LogP contribution in [-0.2, 0) is 19.0 Å². The van der Waals surface area contributed by atoms with E-state index in [1.165, 1.54) is 7.11 Å². The first-order valence-electron chi connectivity index (χ1n) is 6.52. The Bertz CT molecular complexity index is 356. The minimum absolute atomic E-state index is 0.129. The summed E-state index contributed by atoms with van der Waals surface area (Å²) in [6.45, 7) is 5.76. The molecule has 0 saturated carbocycles. The smallest absolute Gasteiger partial charge is 0.408 e. The van der Waals surface area contributed by atoms with Gasteiger partial charge in [-0.15, -0.1) is 0 Å². The molecular formula is C13H23NO6. The Kier molecular flexibility index (Phi) is 5.35. The Balaban J connectivity index is 2.72. The molecule has 1 fully saturated rings.